The first-order valence-corrected chi connectivity index (χ1v) is 11.1. The van der Waals surface area contributed by atoms with Crippen molar-refractivity contribution in [1.29, 1.82) is 0 Å². The molecular formula is C21H20ClN3O3S. The number of rotatable bonds is 5. The second-order valence-corrected chi connectivity index (χ2v) is 9.37. The average molecular weight is 430 g/mol. The van der Waals surface area contributed by atoms with Crippen LogP contribution in [0.25, 0.3) is 10.9 Å². The number of carbonyl (C=O) groups is 1. The van der Waals surface area contributed by atoms with Crippen molar-refractivity contribution in [2.75, 3.05) is 5.32 Å². The monoisotopic (exact) mass is 429 g/mol. The van der Waals surface area contributed by atoms with Crippen molar-refractivity contribution >= 4 is 44.1 Å². The molecule has 1 amide bonds. The fourth-order valence-electron chi connectivity index (χ4n) is 3.10. The fourth-order valence-corrected chi connectivity index (χ4v) is 4.56. The minimum Gasteiger partial charge on any atom is -0.321 e. The van der Waals surface area contributed by atoms with Crippen molar-refractivity contribution in [3.05, 3.63) is 64.3 Å². The van der Waals surface area contributed by atoms with Gasteiger partial charge in [-0.3, -0.25) is 9.78 Å². The molecule has 1 aliphatic rings. The Labute approximate surface area is 174 Å². The number of sulfonamides is 1. The van der Waals surface area contributed by atoms with Crippen LogP contribution in [0, 0.1) is 13.8 Å². The van der Waals surface area contributed by atoms with Crippen molar-refractivity contribution in [1.82, 2.24) is 9.71 Å². The highest BCUT2D eigenvalue weighted by molar-refractivity contribution is 7.89. The second-order valence-electron chi connectivity index (χ2n) is 7.25. The first-order valence-electron chi connectivity index (χ1n) is 9.25. The van der Waals surface area contributed by atoms with Gasteiger partial charge >= 0.3 is 0 Å². The third-order valence-corrected chi connectivity index (χ3v) is 6.82. The van der Waals surface area contributed by atoms with Crippen LogP contribution < -0.4 is 10.0 Å². The SMILES string of the molecule is Cc1cc(NC(=O)c2ccc(S(=O)(=O)NC3CC3)cc2)c2ccc(Cl)c(C)c2n1. The number of benzene rings is 2. The average Bonchev–Trinajstić information content (AvgIpc) is 3.48. The number of carbonyl (C=O) groups excluding carboxylic acids is 1. The standard InChI is InChI=1S/C21H20ClN3O3S/c1-12-11-19(17-9-10-18(22)13(2)20(17)23-12)24-21(26)14-3-7-16(8-4-14)29(27,28)25-15-5-6-15/h3-4,7-11,15,25H,5-6H2,1-2H3,(H,23,24,26). The Balaban J connectivity index is 1.60. The zero-order valence-corrected chi connectivity index (χ0v) is 17.6. The second kappa shape index (κ2) is 7.40. The van der Waals surface area contributed by atoms with Gasteiger partial charge in [0.1, 0.15) is 0 Å². The zero-order valence-electron chi connectivity index (χ0n) is 16.0. The van der Waals surface area contributed by atoms with Crippen molar-refractivity contribution in [2.45, 2.75) is 37.6 Å². The van der Waals surface area contributed by atoms with Crippen LogP contribution in [0.4, 0.5) is 5.69 Å². The van der Waals surface area contributed by atoms with E-state index in [9.17, 15) is 13.2 Å². The maximum Gasteiger partial charge on any atom is 0.255 e. The van der Waals surface area contributed by atoms with Crippen molar-refractivity contribution in [3.8, 4) is 0 Å². The van der Waals surface area contributed by atoms with Gasteiger partial charge in [-0.1, -0.05) is 11.6 Å². The molecule has 2 N–H and O–H groups in total. The minimum absolute atomic E-state index is 0.0307. The maximum atomic E-state index is 12.7. The molecule has 0 spiro atoms. The smallest absolute Gasteiger partial charge is 0.255 e. The number of fused-ring (bicyclic) bond motifs is 1. The molecule has 150 valence electrons. The van der Waals surface area contributed by atoms with Gasteiger partial charge in [0.15, 0.2) is 0 Å². The van der Waals surface area contributed by atoms with Crippen LogP contribution in [-0.2, 0) is 10.0 Å². The highest BCUT2D eigenvalue weighted by Gasteiger charge is 2.28. The van der Waals surface area contributed by atoms with Gasteiger partial charge in [0, 0.05) is 27.7 Å². The number of aryl methyl sites for hydroxylation is 2. The lowest BCUT2D eigenvalue weighted by atomic mass is 10.1. The number of halogens is 1. The van der Waals surface area contributed by atoms with E-state index in [0.717, 1.165) is 35.0 Å². The number of nitrogens with one attached hydrogen (secondary N) is 2. The lowest BCUT2D eigenvalue weighted by Gasteiger charge is -2.12. The predicted octanol–water partition coefficient (Wildman–Crippen LogP) is 4.20. The number of aromatic nitrogens is 1. The molecule has 3 aromatic rings. The molecule has 1 saturated carbocycles. The predicted molar refractivity (Wildman–Crippen MR) is 114 cm³/mol. The van der Waals surface area contributed by atoms with Crippen LogP contribution in [0.15, 0.2) is 47.4 Å². The molecule has 8 heteroatoms. The molecule has 4 rings (SSSR count). The molecule has 1 fully saturated rings. The van der Waals surface area contributed by atoms with Crippen LogP contribution >= 0.6 is 11.6 Å². The van der Waals surface area contributed by atoms with Gasteiger partial charge in [0.05, 0.1) is 16.1 Å². The van der Waals surface area contributed by atoms with Gasteiger partial charge < -0.3 is 5.32 Å². The largest absolute Gasteiger partial charge is 0.321 e. The summed E-state index contributed by atoms with van der Waals surface area (Å²) >= 11 is 6.20. The van der Waals surface area contributed by atoms with Crippen LogP contribution in [0.3, 0.4) is 0 Å². The summed E-state index contributed by atoms with van der Waals surface area (Å²) in [6, 6.07) is 11.3. The maximum absolute atomic E-state index is 12.7. The summed E-state index contributed by atoms with van der Waals surface area (Å²) in [5.41, 5.74) is 3.33. The summed E-state index contributed by atoms with van der Waals surface area (Å²) in [5.74, 6) is -0.330. The van der Waals surface area contributed by atoms with E-state index < -0.39 is 10.0 Å². The third kappa shape index (κ3) is 4.12. The van der Waals surface area contributed by atoms with E-state index in [2.05, 4.69) is 15.0 Å². The van der Waals surface area contributed by atoms with E-state index in [4.69, 9.17) is 11.6 Å². The highest BCUT2D eigenvalue weighted by atomic mass is 35.5. The number of amides is 1. The van der Waals surface area contributed by atoms with Gasteiger partial charge in [-0.05, 0) is 74.7 Å². The lowest BCUT2D eigenvalue weighted by Crippen LogP contribution is -2.25. The van der Waals surface area contributed by atoms with Gasteiger partial charge in [-0.2, -0.15) is 0 Å². The van der Waals surface area contributed by atoms with E-state index in [1.54, 1.807) is 12.1 Å². The molecule has 0 aliphatic heterocycles. The lowest BCUT2D eigenvalue weighted by molar-refractivity contribution is 0.102. The molecule has 2 aromatic carbocycles. The first kappa shape index (κ1) is 19.8. The van der Waals surface area contributed by atoms with E-state index in [0.29, 0.717) is 16.3 Å². The molecule has 0 saturated heterocycles. The van der Waals surface area contributed by atoms with E-state index in [1.807, 2.05) is 19.9 Å². The van der Waals surface area contributed by atoms with E-state index >= 15 is 0 Å². The Morgan fingerprint density at radius 2 is 1.79 bits per heavy atom. The molecule has 0 unspecified atom stereocenters. The van der Waals surface area contributed by atoms with Crippen molar-refractivity contribution < 1.29 is 13.2 Å². The fraction of sp³-hybridized carbons (Fsp3) is 0.238. The van der Waals surface area contributed by atoms with Crippen LogP contribution in [0.1, 0.15) is 34.5 Å². The van der Waals surface area contributed by atoms with Crippen LogP contribution in [-0.4, -0.2) is 25.4 Å². The quantitative estimate of drug-likeness (QED) is 0.636. The zero-order chi connectivity index (χ0) is 20.8. The molecule has 0 bridgehead atoms. The molecular weight excluding hydrogens is 410 g/mol. The molecule has 1 aliphatic carbocycles. The van der Waals surface area contributed by atoms with Gasteiger partial charge in [0.2, 0.25) is 10.0 Å². The Morgan fingerprint density at radius 1 is 1.10 bits per heavy atom. The topological polar surface area (TPSA) is 88.2 Å². The van der Waals surface area contributed by atoms with Gasteiger partial charge in [-0.25, -0.2) is 13.1 Å². The Hall–Kier alpha value is -2.48. The van der Waals surface area contributed by atoms with E-state index in [1.165, 1.54) is 24.3 Å². The number of pyridine rings is 1. The number of nitrogens with zero attached hydrogens (tertiary/aromatic N) is 1. The minimum atomic E-state index is -3.54. The first-order chi connectivity index (χ1) is 13.7. The number of anilines is 1. The molecule has 0 atom stereocenters. The van der Waals surface area contributed by atoms with Crippen molar-refractivity contribution in [3.63, 3.8) is 0 Å². The van der Waals surface area contributed by atoms with Gasteiger partial charge in [0.25, 0.3) is 5.91 Å². The molecule has 1 aromatic heterocycles. The summed E-state index contributed by atoms with van der Waals surface area (Å²) in [6.45, 7) is 3.74. The molecule has 0 radical (unpaired) electrons. The van der Waals surface area contributed by atoms with Crippen LogP contribution in [0.2, 0.25) is 5.02 Å². The normalized spacial score (nSPS) is 14.2. The third-order valence-electron chi connectivity index (χ3n) is 4.87. The summed E-state index contributed by atoms with van der Waals surface area (Å²) in [7, 11) is -3.54. The summed E-state index contributed by atoms with van der Waals surface area (Å²) in [4.78, 5) is 17.4. The Morgan fingerprint density at radius 3 is 2.45 bits per heavy atom. The van der Waals surface area contributed by atoms with Crippen LogP contribution in [0.5, 0.6) is 0 Å². The highest BCUT2D eigenvalue weighted by Crippen LogP contribution is 2.30. The Bertz CT molecular complexity index is 1220. The van der Waals surface area contributed by atoms with Gasteiger partial charge in [-0.15, -0.1) is 0 Å². The Kier molecular flexibility index (Phi) is 5.06. The molecule has 29 heavy (non-hydrogen) atoms. The van der Waals surface area contributed by atoms with E-state index in [-0.39, 0.29) is 16.8 Å². The molecule has 6 nitrogen and oxygen atoms in total. The number of hydrogen-bond acceptors (Lipinski definition) is 4. The summed E-state index contributed by atoms with van der Waals surface area (Å²) in [6.07, 6.45) is 1.73. The summed E-state index contributed by atoms with van der Waals surface area (Å²) in [5, 5.41) is 4.31. The molecule has 1 heterocycles. The number of hydrogen-bond donors (Lipinski definition) is 2. The summed E-state index contributed by atoms with van der Waals surface area (Å²) < 4.78 is 27.2. The van der Waals surface area contributed by atoms with Crippen molar-refractivity contribution in [2.24, 2.45) is 0 Å².